The molecule has 0 saturated heterocycles. The first kappa shape index (κ1) is 10.3. The van der Waals surface area contributed by atoms with Crippen LogP contribution in [-0.2, 0) is 0 Å². The third kappa shape index (κ3) is 6.23. The van der Waals surface area contributed by atoms with E-state index in [1.54, 1.807) is 0 Å². The van der Waals surface area contributed by atoms with E-state index in [1.165, 1.54) is 6.92 Å². The molecule has 0 spiro atoms. The lowest BCUT2D eigenvalue weighted by Crippen LogP contribution is -2.35. The first-order valence-corrected chi connectivity index (χ1v) is 1.76. The van der Waals surface area contributed by atoms with E-state index in [9.17, 15) is 0 Å². The summed E-state index contributed by atoms with van der Waals surface area (Å²) in [5.41, 5.74) is 4.94. The number of hydrogen-bond acceptors (Lipinski definition) is 3. The van der Waals surface area contributed by atoms with Gasteiger partial charge in [-0.15, -0.1) is 12.4 Å². The van der Waals surface area contributed by atoms with Gasteiger partial charge >= 0.3 is 7.12 Å². The minimum atomic E-state index is -1.37. The lowest BCUT2D eigenvalue weighted by atomic mass is 9.82. The summed E-state index contributed by atoms with van der Waals surface area (Å²) < 4.78 is 0. The maximum Gasteiger partial charge on any atom is 0.469 e. The molecule has 5 heteroatoms. The Kier molecular flexibility index (Phi) is 6.44. The minimum Gasteiger partial charge on any atom is -0.426 e. The van der Waals surface area contributed by atoms with E-state index < -0.39 is 13.1 Å². The molecule has 0 aromatic carbocycles. The Morgan fingerprint density at radius 3 is 1.71 bits per heavy atom. The molecule has 3 nitrogen and oxygen atoms in total. The van der Waals surface area contributed by atoms with E-state index in [2.05, 4.69) is 0 Å². The number of hydrogen-bond donors (Lipinski definition) is 3. The first-order valence-electron chi connectivity index (χ1n) is 1.76. The Balaban J connectivity index is 0. The van der Waals surface area contributed by atoms with Crippen LogP contribution in [0.25, 0.3) is 0 Å². The SMILES string of the molecule is C[C@H](N)B(O)O.Cl. The van der Waals surface area contributed by atoms with E-state index in [0.29, 0.717) is 0 Å². The van der Waals surface area contributed by atoms with Crippen molar-refractivity contribution in [1.82, 2.24) is 0 Å². The average molecular weight is 125 g/mol. The van der Waals surface area contributed by atoms with Crippen molar-refractivity contribution in [3.8, 4) is 0 Å². The second-order valence-corrected chi connectivity index (χ2v) is 1.27. The van der Waals surface area contributed by atoms with Crippen LogP contribution in [0.15, 0.2) is 0 Å². The van der Waals surface area contributed by atoms with E-state index >= 15 is 0 Å². The zero-order valence-corrected chi connectivity index (χ0v) is 4.85. The lowest BCUT2D eigenvalue weighted by Gasteiger charge is -1.97. The fourth-order valence-corrected chi connectivity index (χ4v) is 0. The largest absolute Gasteiger partial charge is 0.469 e. The van der Waals surface area contributed by atoms with Gasteiger partial charge in [-0.05, 0) is 0 Å². The van der Waals surface area contributed by atoms with Crippen LogP contribution in [0.2, 0.25) is 0 Å². The van der Waals surface area contributed by atoms with Gasteiger partial charge in [0.1, 0.15) is 0 Å². The molecule has 0 saturated carbocycles. The zero-order chi connectivity index (χ0) is 5.15. The van der Waals surface area contributed by atoms with Gasteiger partial charge in [-0.2, -0.15) is 0 Å². The highest BCUT2D eigenvalue weighted by Gasteiger charge is 2.10. The quantitative estimate of drug-likeness (QED) is 0.384. The van der Waals surface area contributed by atoms with Crippen molar-refractivity contribution in [3.05, 3.63) is 0 Å². The Morgan fingerprint density at radius 1 is 1.57 bits per heavy atom. The highest BCUT2D eigenvalue weighted by atomic mass is 35.5. The van der Waals surface area contributed by atoms with Crippen LogP contribution >= 0.6 is 12.4 Å². The highest BCUT2D eigenvalue weighted by molar-refractivity contribution is 6.42. The van der Waals surface area contributed by atoms with Crippen molar-refractivity contribution in [3.63, 3.8) is 0 Å². The smallest absolute Gasteiger partial charge is 0.426 e. The summed E-state index contributed by atoms with van der Waals surface area (Å²) in [6.45, 7) is 1.52. The van der Waals surface area contributed by atoms with Gasteiger partial charge in [0.05, 0.1) is 0 Å². The predicted octanol–water partition coefficient (Wildman–Crippen LogP) is -1.23. The van der Waals surface area contributed by atoms with Crippen molar-refractivity contribution >= 4 is 19.5 Å². The molecule has 7 heavy (non-hydrogen) atoms. The molecule has 0 aliphatic rings. The van der Waals surface area contributed by atoms with E-state index in [4.69, 9.17) is 15.8 Å². The molecule has 0 bridgehead atoms. The molecule has 0 aliphatic carbocycles. The van der Waals surface area contributed by atoms with Crippen molar-refractivity contribution in [2.45, 2.75) is 12.9 Å². The first-order chi connectivity index (χ1) is 2.64. The van der Waals surface area contributed by atoms with Crippen LogP contribution in [0.4, 0.5) is 0 Å². The third-order valence-electron chi connectivity index (χ3n) is 0.470. The van der Waals surface area contributed by atoms with Crippen LogP contribution in [0.3, 0.4) is 0 Å². The molecule has 0 heterocycles. The molecule has 0 aliphatic heterocycles. The van der Waals surface area contributed by atoms with Crippen molar-refractivity contribution in [2.75, 3.05) is 0 Å². The summed E-state index contributed by atoms with van der Waals surface area (Å²) in [5.74, 6) is -0.537. The van der Waals surface area contributed by atoms with E-state index in [-0.39, 0.29) is 12.4 Å². The van der Waals surface area contributed by atoms with Crippen LogP contribution in [0.1, 0.15) is 6.92 Å². The van der Waals surface area contributed by atoms with Crippen LogP contribution in [-0.4, -0.2) is 23.1 Å². The third-order valence-corrected chi connectivity index (χ3v) is 0.470. The second kappa shape index (κ2) is 4.40. The molecule has 0 rings (SSSR count). The summed E-state index contributed by atoms with van der Waals surface area (Å²) in [7, 11) is -1.37. The molecule has 0 radical (unpaired) electrons. The molecular weight excluding hydrogens is 116 g/mol. The molecule has 0 unspecified atom stereocenters. The second-order valence-electron chi connectivity index (χ2n) is 1.27. The Labute approximate surface area is 49.1 Å². The van der Waals surface area contributed by atoms with Gasteiger partial charge in [-0.3, -0.25) is 0 Å². The van der Waals surface area contributed by atoms with E-state index in [1.807, 2.05) is 0 Å². The van der Waals surface area contributed by atoms with Crippen LogP contribution in [0.5, 0.6) is 0 Å². The summed E-state index contributed by atoms with van der Waals surface area (Å²) >= 11 is 0. The number of nitrogens with two attached hydrogens (primary N) is 1. The molecule has 4 N–H and O–H groups in total. The molecule has 0 amide bonds. The van der Waals surface area contributed by atoms with Crippen molar-refractivity contribution in [1.29, 1.82) is 0 Å². The standard InChI is InChI=1S/C2H8BNO2.ClH/c1-2(4)3(5)6;/h2,5-6H,4H2,1H3;1H/t2-;/m0./s1. The van der Waals surface area contributed by atoms with Gasteiger partial charge in [-0.1, -0.05) is 6.92 Å². The topological polar surface area (TPSA) is 66.5 Å². The predicted molar refractivity (Wildman–Crippen MR) is 31.1 cm³/mol. The van der Waals surface area contributed by atoms with Gasteiger partial charge in [0, 0.05) is 5.94 Å². The summed E-state index contributed by atoms with van der Waals surface area (Å²) in [4.78, 5) is 0. The molecule has 0 aromatic heterocycles. The van der Waals surface area contributed by atoms with Crippen LogP contribution < -0.4 is 5.73 Å². The number of rotatable bonds is 1. The van der Waals surface area contributed by atoms with Gasteiger partial charge in [0.2, 0.25) is 0 Å². The Hall–Kier alpha value is 0.235. The van der Waals surface area contributed by atoms with Gasteiger partial charge < -0.3 is 15.8 Å². The Morgan fingerprint density at radius 2 is 1.71 bits per heavy atom. The molecule has 0 aromatic rings. The van der Waals surface area contributed by atoms with Gasteiger partial charge in [0.25, 0.3) is 0 Å². The Bertz CT molecular complexity index is 36.7. The maximum atomic E-state index is 8.06. The molecule has 0 fully saturated rings. The fraction of sp³-hybridized carbons (Fsp3) is 1.00. The highest BCUT2D eigenvalue weighted by Crippen LogP contribution is 1.71. The molecular formula is C2H9BClNO2. The number of halogens is 1. The fourth-order valence-electron chi connectivity index (χ4n) is 0. The molecule has 1 atom stereocenters. The summed E-state index contributed by atoms with van der Waals surface area (Å²) in [6.07, 6.45) is 0. The summed E-state index contributed by atoms with van der Waals surface area (Å²) in [5, 5.41) is 16.1. The maximum absolute atomic E-state index is 8.06. The molecule has 44 valence electrons. The van der Waals surface area contributed by atoms with Crippen LogP contribution in [0, 0.1) is 0 Å². The lowest BCUT2D eigenvalue weighted by molar-refractivity contribution is 0.391. The zero-order valence-electron chi connectivity index (χ0n) is 4.03. The van der Waals surface area contributed by atoms with Gasteiger partial charge in [0.15, 0.2) is 0 Å². The summed E-state index contributed by atoms with van der Waals surface area (Å²) in [6, 6.07) is 0. The van der Waals surface area contributed by atoms with E-state index in [0.717, 1.165) is 0 Å². The van der Waals surface area contributed by atoms with Crippen molar-refractivity contribution in [2.24, 2.45) is 5.73 Å². The average Bonchev–Trinajstić information content (AvgIpc) is 1.36. The normalized spacial score (nSPS) is 12.0. The monoisotopic (exact) mass is 125 g/mol. The van der Waals surface area contributed by atoms with Gasteiger partial charge in [-0.25, -0.2) is 0 Å². The minimum absolute atomic E-state index is 0. The van der Waals surface area contributed by atoms with Crippen molar-refractivity contribution < 1.29 is 10.0 Å².